The van der Waals surface area contributed by atoms with E-state index in [1.54, 1.807) is 18.2 Å². The molecule has 2 saturated heterocycles. The Morgan fingerprint density at radius 2 is 1.54 bits per heavy atom. The minimum absolute atomic E-state index is 0.201. The molecule has 2 N–H and O–H groups in total. The first-order valence-corrected chi connectivity index (χ1v) is 22.5. The Labute approximate surface area is 340 Å². The summed E-state index contributed by atoms with van der Waals surface area (Å²) in [6.07, 6.45) is 5.14. The van der Waals surface area contributed by atoms with Gasteiger partial charge in [-0.05, 0) is 94.8 Å². The number of anilines is 1. The largest absolute Gasteiger partial charge is 0.507 e. The van der Waals surface area contributed by atoms with Crippen molar-refractivity contribution in [3.05, 3.63) is 136 Å². The maximum atomic E-state index is 14.5. The fraction of sp³-hybridized carbons (Fsp3) is 0.348. The van der Waals surface area contributed by atoms with Gasteiger partial charge in [-0.15, -0.1) is 0 Å². The quantitative estimate of drug-likeness (QED) is 0.0843. The number of benzene rings is 4. The van der Waals surface area contributed by atoms with Crippen LogP contribution in [0.1, 0.15) is 65.4 Å². The number of para-hydroxylation sites is 1. The van der Waals surface area contributed by atoms with Gasteiger partial charge in [0, 0.05) is 10.0 Å². The molecule has 56 heavy (non-hydrogen) atoms. The van der Waals surface area contributed by atoms with E-state index < -0.39 is 39.3 Å². The standard InChI is InChI=1S/C46H51BBrNO6Si/c1-5-15-31(26-32-27-34(48)23-24-40(32)50)22-25-41-42-33(30-54-56(46(2,3)4,36-18-11-7-12-19-36)37-20-13-8-14-21-37)28-38-43(39(42)29-47(53)55-41)45(52)49(44(38)51)35-16-9-6-10-17-35/h6-14,16-21,23-24,26-27,38-39,41,43,50,53H,5,15,22,25,28-30H2,1-4H3/b31-26+/t38-,39+,41-,43-/m1/s1. The van der Waals surface area contributed by atoms with Crippen LogP contribution in [0.4, 0.5) is 5.69 Å². The summed E-state index contributed by atoms with van der Waals surface area (Å²) < 4.78 is 14.9. The van der Waals surface area contributed by atoms with Gasteiger partial charge in [-0.3, -0.25) is 14.5 Å². The van der Waals surface area contributed by atoms with Crippen molar-refractivity contribution in [2.75, 3.05) is 11.5 Å². The number of carbonyl (C=O) groups is 2. The molecular weight excluding hydrogens is 781 g/mol. The average Bonchev–Trinajstić information content (AvgIpc) is 3.44. The molecule has 0 radical (unpaired) electrons. The van der Waals surface area contributed by atoms with Crippen molar-refractivity contribution in [3.8, 4) is 5.75 Å². The van der Waals surface area contributed by atoms with Crippen molar-refractivity contribution < 1.29 is 28.8 Å². The second-order valence-electron chi connectivity index (χ2n) is 16.4. The Morgan fingerprint density at radius 3 is 2.14 bits per heavy atom. The molecule has 2 fully saturated rings. The van der Waals surface area contributed by atoms with Crippen LogP contribution in [0.3, 0.4) is 0 Å². The zero-order chi connectivity index (χ0) is 39.6. The molecule has 4 aromatic rings. The number of hydrogen-bond donors (Lipinski definition) is 2. The zero-order valence-corrected chi connectivity index (χ0v) is 35.2. The van der Waals surface area contributed by atoms with Crippen LogP contribution >= 0.6 is 15.9 Å². The predicted octanol–water partition coefficient (Wildman–Crippen LogP) is 8.70. The van der Waals surface area contributed by atoms with Gasteiger partial charge in [0.15, 0.2) is 0 Å². The molecule has 0 aromatic heterocycles. The molecule has 2 aliphatic heterocycles. The van der Waals surface area contributed by atoms with E-state index in [2.05, 4.69) is 98.2 Å². The number of aromatic hydroxyl groups is 1. The first kappa shape index (κ1) is 40.1. The molecule has 4 aromatic carbocycles. The van der Waals surface area contributed by atoms with Gasteiger partial charge < -0.3 is 19.2 Å². The fourth-order valence-corrected chi connectivity index (χ4v) is 14.4. The Hall–Kier alpha value is -4.06. The van der Waals surface area contributed by atoms with Crippen LogP contribution in [0.25, 0.3) is 6.08 Å². The zero-order valence-electron chi connectivity index (χ0n) is 32.7. The monoisotopic (exact) mass is 831 g/mol. The second-order valence-corrected chi connectivity index (χ2v) is 21.6. The molecule has 0 spiro atoms. The molecule has 7 nitrogen and oxygen atoms in total. The molecule has 4 atom stereocenters. The van der Waals surface area contributed by atoms with Gasteiger partial charge in [0.25, 0.3) is 8.32 Å². The van der Waals surface area contributed by atoms with Crippen molar-refractivity contribution in [1.82, 2.24) is 0 Å². The van der Waals surface area contributed by atoms with Crippen LogP contribution < -0.4 is 15.3 Å². The van der Waals surface area contributed by atoms with E-state index in [0.29, 0.717) is 24.9 Å². The van der Waals surface area contributed by atoms with Crippen molar-refractivity contribution in [2.45, 2.75) is 77.3 Å². The lowest BCUT2D eigenvalue weighted by Gasteiger charge is -2.46. The van der Waals surface area contributed by atoms with E-state index in [9.17, 15) is 19.7 Å². The number of fused-ring (bicyclic) bond motifs is 3. The number of rotatable bonds is 12. The van der Waals surface area contributed by atoms with Crippen LogP contribution in [0.5, 0.6) is 5.75 Å². The van der Waals surface area contributed by atoms with Crippen LogP contribution in [0.15, 0.2) is 130 Å². The first-order chi connectivity index (χ1) is 26.9. The van der Waals surface area contributed by atoms with Crippen LogP contribution in [0, 0.1) is 17.8 Å². The highest BCUT2D eigenvalue weighted by Gasteiger charge is 2.58. The first-order valence-electron chi connectivity index (χ1n) is 19.8. The lowest BCUT2D eigenvalue weighted by atomic mass is 9.58. The number of imide groups is 1. The van der Waals surface area contributed by atoms with Gasteiger partial charge in [-0.1, -0.05) is 141 Å². The fourth-order valence-electron chi connectivity index (χ4n) is 9.45. The predicted molar refractivity (Wildman–Crippen MR) is 230 cm³/mol. The third-order valence-corrected chi connectivity index (χ3v) is 17.3. The smallest absolute Gasteiger partial charge is 0.455 e. The maximum Gasteiger partial charge on any atom is 0.455 e. The SMILES string of the molecule is CCC/C(=C\c1cc(Br)ccc1O)CC[C@H]1OB(O)C[C@H]2C1=C(CO[Si](c1ccccc1)(c1ccccc1)C(C)(C)C)C[C@H]1C(=O)N(c3ccccc3)C(=O)[C@H]12. The third-order valence-electron chi connectivity index (χ3n) is 11.9. The molecule has 2 heterocycles. The Kier molecular flexibility index (Phi) is 12.1. The van der Waals surface area contributed by atoms with E-state index in [1.165, 1.54) is 4.90 Å². The van der Waals surface area contributed by atoms with Gasteiger partial charge in [0.05, 0.1) is 30.2 Å². The van der Waals surface area contributed by atoms with Crippen LogP contribution in [-0.2, 0) is 18.7 Å². The molecule has 0 bridgehead atoms. The van der Waals surface area contributed by atoms with Crippen LogP contribution in [0.2, 0.25) is 11.4 Å². The van der Waals surface area contributed by atoms with E-state index in [0.717, 1.165) is 50.0 Å². The molecule has 290 valence electrons. The summed E-state index contributed by atoms with van der Waals surface area (Å²) in [6.45, 7) is 9.16. The minimum Gasteiger partial charge on any atom is -0.507 e. The molecule has 0 unspecified atom stereocenters. The highest BCUT2D eigenvalue weighted by molar-refractivity contribution is 9.10. The van der Waals surface area contributed by atoms with Crippen molar-refractivity contribution in [2.24, 2.45) is 17.8 Å². The summed E-state index contributed by atoms with van der Waals surface area (Å²) in [5, 5.41) is 24.1. The van der Waals surface area contributed by atoms with Gasteiger partial charge in [0.2, 0.25) is 11.8 Å². The van der Waals surface area contributed by atoms with Crippen LogP contribution in [-0.4, -0.2) is 50.1 Å². The number of phenolic OH excluding ortho intramolecular Hbond substituents is 1. The number of hydrogen-bond acceptors (Lipinski definition) is 6. The van der Waals surface area contributed by atoms with E-state index in [4.69, 9.17) is 9.08 Å². The molecule has 7 rings (SSSR count). The summed E-state index contributed by atoms with van der Waals surface area (Å²) in [5.74, 6) is -1.78. The van der Waals surface area contributed by atoms with Crippen molar-refractivity contribution >= 4 is 65.3 Å². The number of phenols is 1. The molecule has 1 aliphatic carbocycles. The molecule has 2 amide bonds. The average molecular weight is 833 g/mol. The Balaban J connectivity index is 1.32. The topological polar surface area (TPSA) is 96.3 Å². The van der Waals surface area contributed by atoms with Gasteiger partial charge in [0.1, 0.15) is 5.75 Å². The number of nitrogens with zero attached hydrogens (tertiary/aromatic N) is 1. The Bertz CT molecular complexity index is 2060. The highest BCUT2D eigenvalue weighted by Crippen LogP contribution is 2.52. The highest BCUT2D eigenvalue weighted by atomic mass is 79.9. The molecule has 0 saturated carbocycles. The van der Waals surface area contributed by atoms with E-state index in [-0.39, 0.29) is 35.5 Å². The van der Waals surface area contributed by atoms with Gasteiger partial charge in [-0.25, -0.2) is 0 Å². The lowest BCUT2D eigenvalue weighted by molar-refractivity contribution is -0.122. The normalized spacial score (nSPS) is 21.7. The van der Waals surface area contributed by atoms with Gasteiger partial charge in [-0.2, -0.15) is 0 Å². The summed E-state index contributed by atoms with van der Waals surface area (Å²) >= 11 is 3.54. The molecule has 3 aliphatic rings. The number of carbonyl (C=O) groups excluding carboxylic acids is 2. The number of halogens is 1. The number of allylic oxidation sites excluding steroid dienone is 1. The van der Waals surface area contributed by atoms with E-state index >= 15 is 0 Å². The third kappa shape index (κ3) is 7.79. The summed E-state index contributed by atoms with van der Waals surface area (Å²) in [4.78, 5) is 30.2. The summed E-state index contributed by atoms with van der Waals surface area (Å²) in [7, 11) is -4.07. The molecular formula is C46H51BBrNO6Si. The summed E-state index contributed by atoms with van der Waals surface area (Å²) in [6, 6.07) is 35.6. The van der Waals surface area contributed by atoms with Crippen molar-refractivity contribution in [3.63, 3.8) is 0 Å². The van der Waals surface area contributed by atoms with E-state index in [1.807, 2.05) is 42.5 Å². The van der Waals surface area contributed by atoms with Gasteiger partial charge >= 0.3 is 7.12 Å². The van der Waals surface area contributed by atoms with Crippen molar-refractivity contribution in [1.29, 1.82) is 0 Å². The lowest BCUT2D eigenvalue weighted by Crippen LogP contribution is -2.66. The summed E-state index contributed by atoms with van der Waals surface area (Å²) in [5.41, 5.74) is 4.44. The maximum absolute atomic E-state index is 14.5. The second kappa shape index (κ2) is 16.8. The Morgan fingerprint density at radius 1 is 0.911 bits per heavy atom. The minimum atomic E-state index is -2.98. The number of amides is 2. The molecule has 10 heteroatoms.